The quantitative estimate of drug-likeness (QED) is 0.600. The first-order valence-electron chi connectivity index (χ1n) is 9.16. The van der Waals surface area contributed by atoms with Crippen LogP contribution in [0.25, 0.3) is 0 Å². The highest BCUT2D eigenvalue weighted by molar-refractivity contribution is 5.89. The van der Waals surface area contributed by atoms with E-state index in [1.165, 1.54) is 17.0 Å². The molecule has 0 spiro atoms. The molecule has 0 saturated carbocycles. The largest absolute Gasteiger partial charge is 0.508 e. The summed E-state index contributed by atoms with van der Waals surface area (Å²) in [6.45, 7) is 4.67. The lowest BCUT2D eigenvalue weighted by molar-refractivity contribution is -0.141. The Morgan fingerprint density at radius 2 is 2.07 bits per heavy atom. The van der Waals surface area contributed by atoms with Gasteiger partial charge in [-0.1, -0.05) is 12.1 Å². The monoisotopic (exact) mass is 377 g/mol. The van der Waals surface area contributed by atoms with Crippen LogP contribution in [0.2, 0.25) is 0 Å². The summed E-state index contributed by atoms with van der Waals surface area (Å²) in [6.07, 6.45) is 0.471. The summed E-state index contributed by atoms with van der Waals surface area (Å²) < 4.78 is 5.17. The third-order valence-corrected chi connectivity index (χ3v) is 4.35. The Kier molecular flexibility index (Phi) is 7.60. The second kappa shape index (κ2) is 9.91. The van der Waals surface area contributed by atoms with Crippen LogP contribution in [0.3, 0.4) is 0 Å². The van der Waals surface area contributed by atoms with Gasteiger partial charge in [-0.25, -0.2) is 0 Å². The number of likely N-dealkylation sites (N-methyl/N-ethyl adjacent to an activating group) is 1. The number of aromatic hydroxyl groups is 1. The number of amides is 3. The molecule has 0 radical (unpaired) electrons. The van der Waals surface area contributed by atoms with Crippen molar-refractivity contribution in [2.75, 3.05) is 26.3 Å². The topological polar surface area (TPSA) is 108 Å². The van der Waals surface area contributed by atoms with Crippen LogP contribution < -0.4 is 10.6 Å². The van der Waals surface area contributed by atoms with Crippen LogP contribution in [0.1, 0.15) is 25.8 Å². The number of hydrogen-bond acceptors (Lipinski definition) is 5. The van der Waals surface area contributed by atoms with Gasteiger partial charge >= 0.3 is 0 Å². The van der Waals surface area contributed by atoms with E-state index in [0.717, 1.165) is 0 Å². The SMILES string of the molecule is CCNC(=O)[C@@H]1C[C@@H](NC(=O)Cc2cccc(O)c2)CN1C(=O)COCC. The van der Waals surface area contributed by atoms with E-state index in [1.54, 1.807) is 19.1 Å². The number of hydrogen-bond donors (Lipinski definition) is 3. The van der Waals surface area contributed by atoms with Gasteiger partial charge in [0.2, 0.25) is 17.7 Å². The molecule has 8 nitrogen and oxygen atoms in total. The van der Waals surface area contributed by atoms with Gasteiger partial charge in [0.15, 0.2) is 0 Å². The van der Waals surface area contributed by atoms with Crippen molar-refractivity contribution >= 4 is 17.7 Å². The molecule has 3 N–H and O–H groups in total. The van der Waals surface area contributed by atoms with E-state index in [4.69, 9.17) is 4.74 Å². The molecular formula is C19H27N3O5. The normalized spacial score (nSPS) is 19.0. The Bertz CT molecular complexity index is 679. The first kappa shape index (κ1) is 20.7. The minimum Gasteiger partial charge on any atom is -0.508 e. The molecule has 1 saturated heterocycles. The van der Waals surface area contributed by atoms with E-state index in [1.807, 2.05) is 6.92 Å². The number of nitrogens with zero attached hydrogens (tertiary/aromatic N) is 1. The molecule has 1 fully saturated rings. The third kappa shape index (κ3) is 5.96. The maximum Gasteiger partial charge on any atom is 0.249 e. The Hall–Kier alpha value is -2.61. The van der Waals surface area contributed by atoms with Crippen LogP contribution in [-0.2, 0) is 25.5 Å². The maximum atomic E-state index is 12.4. The number of rotatable bonds is 8. The van der Waals surface area contributed by atoms with Crippen molar-refractivity contribution in [1.29, 1.82) is 0 Å². The van der Waals surface area contributed by atoms with Crippen molar-refractivity contribution in [2.45, 2.75) is 38.8 Å². The second-order valence-corrected chi connectivity index (χ2v) is 6.44. The van der Waals surface area contributed by atoms with Gasteiger partial charge in [-0.2, -0.15) is 0 Å². The van der Waals surface area contributed by atoms with Crippen molar-refractivity contribution in [2.24, 2.45) is 0 Å². The molecule has 1 aromatic carbocycles. The predicted molar refractivity (Wildman–Crippen MR) is 99.0 cm³/mol. The van der Waals surface area contributed by atoms with Crippen molar-refractivity contribution in [3.05, 3.63) is 29.8 Å². The van der Waals surface area contributed by atoms with Crippen LogP contribution >= 0.6 is 0 Å². The van der Waals surface area contributed by atoms with E-state index in [9.17, 15) is 19.5 Å². The molecule has 2 atom stereocenters. The molecule has 1 heterocycles. The Labute approximate surface area is 158 Å². The van der Waals surface area contributed by atoms with Gasteiger partial charge in [-0.05, 0) is 38.0 Å². The molecule has 3 amide bonds. The zero-order chi connectivity index (χ0) is 19.8. The molecule has 1 aliphatic rings. The summed E-state index contributed by atoms with van der Waals surface area (Å²) >= 11 is 0. The van der Waals surface area contributed by atoms with Gasteiger partial charge in [0, 0.05) is 25.7 Å². The van der Waals surface area contributed by atoms with Crippen molar-refractivity contribution in [3.63, 3.8) is 0 Å². The lowest BCUT2D eigenvalue weighted by Gasteiger charge is -2.23. The number of likely N-dealkylation sites (tertiary alicyclic amines) is 1. The van der Waals surface area contributed by atoms with Gasteiger partial charge in [-0.3, -0.25) is 14.4 Å². The van der Waals surface area contributed by atoms with Gasteiger partial charge in [0.25, 0.3) is 0 Å². The van der Waals surface area contributed by atoms with Crippen LogP contribution in [-0.4, -0.2) is 66.1 Å². The molecule has 0 bridgehead atoms. The summed E-state index contributed by atoms with van der Waals surface area (Å²) in [5.74, 6) is -0.616. The van der Waals surface area contributed by atoms with E-state index in [2.05, 4.69) is 10.6 Å². The Morgan fingerprint density at radius 1 is 1.30 bits per heavy atom. The first-order valence-corrected chi connectivity index (χ1v) is 9.16. The van der Waals surface area contributed by atoms with Crippen LogP contribution in [0.5, 0.6) is 5.75 Å². The third-order valence-electron chi connectivity index (χ3n) is 4.35. The van der Waals surface area contributed by atoms with Crippen molar-refractivity contribution in [1.82, 2.24) is 15.5 Å². The average molecular weight is 377 g/mol. The molecule has 27 heavy (non-hydrogen) atoms. The fourth-order valence-corrected chi connectivity index (χ4v) is 3.16. The van der Waals surface area contributed by atoms with Crippen LogP contribution in [0.4, 0.5) is 0 Å². The van der Waals surface area contributed by atoms with Crippen LogP contribution in [0.15, 0.2) is 24.3 Å². The second-order valence-electron chi connectivity index (χ2n) is 6.44. The molecule has 1 aliphatic heterocycles. The highest BCUT2D eigenvalue weighted by atomic mass is 16.5. The van der Waals surface area contributed by atoms with Gasteiger partial charge in [-0.15, -0.1) is 0 Å². The lowest BCUT2D eigenvalue weighted by Crippen LogP contribution is -2.47. The van der Waals surface area contributed by atoms with E-state index in [0.29, 0.717) is 25.1 Å². The number of ether oxygens (including phenoxy) is 1. The zero-order valence-corrected chi connectivity index (χ0v) is 15.7. The first-order chi connectivity index (χ1) is 12.9. The number of carbonyl (C=O) groups excluding carboxylic acids is 3. The van der Waals surface area contributed by atoms with E-state index >= 15 is 0 Å². The molecule has 8 heteroatoms. The summed E-state index contributed by atoms with van der Waals surface area (Å²) in [6, 6.07) is 5.56. The van der Waals surface area contributed by atoms with Gasteiger partial charge in [0.1, 0.15) is 18.4 Å². The molecule has 2 rings (SSSR count). The molecule has 0 aromatic heterocycles. The number of carbonyl (C=O) groups is 3. The molecular weight excluding hydrogens is 350 g/mol. The summed E-state index contributed by atoms with van der Waals surface area (Å²) in [5.41, 5.74) is 0.690. The number of benzene rings is 1. The fraction of sp³-hybridized carbons (Fsp3) is 0.526. The number of phenolic OH excluding ortho intramolecular Hbond substituents is 1. The molecule has 0 unspecified atom stereocenters. The highest BCUT2D eigenvalue weighted by Gasteiger charge is 2.39. The minimum absolute atomic E-state index is 0.0869. The average Bonchev–Trinajstić information content (AvgIpc) is 3.03. The van der Waals surface area contributed by atoms with E-state index < -0.39 is 6.04 Å². The molecule has 1 aromatic rings. The lowest BCUT2D eigenvalue weighted by atomic mass is 10.1. The predicted octanol–water partition coefficient (Wildman–Crippen LogP) is 0.193. The summed E-state index contributed by atoms with van der Waals surface area (Å²) in [7, 11) is 0. The maximum absolute atomic E-state index is 12.4. The fourth-order valence-electron chi connectivity index (χ4n) is 3.16. The van der Waals surface area contributed by atoms with Gasteiger partial charge < -0.3 is 25.4 Å². The zero-order valence-electron chi connectivity index (χ0n) is 15.7. The van der Waals surface area contributed by atoms with E-state index in [-0.39, 0.29) is 49.1 Å². The van der Waals surface area contributed by atoms with Crippen LogP contribution in [0, 0.1) is 0 Å². The highest BCUT2D eigenvalue weighted by Crippen LogP contribution is 2.19. The van der Waals surface area contributed by atoms with Crippen molar-refractivity contribution in [3.8, 4) is 5.75 Å². The number of phenols is 1. The van der Waals surface area contributed by atoms with Crippen molar-refractivity contribution < 1.29 is 24.2 Å². The Morgan fingerprint density at radius 3 is 2.74 bits per heavy atom. The Balaban J connectivity index is 1.99. The van der Waals surface area contributed by atoms with Gasteiger partial charge in [0.05, 0.1) is 6.42 Å². The standard InChI is InChI=1S/C19H27N3O5/c1-3-20-19(26)16-10-14(11-22(16)18(25)12-27-4-2)21-17(24)9-13-6-5-7-15(23)8-13/h5-8,14,16,23H,3-4,9-12H2,1-2H3,(H,20,26)(H,21,24)/t14-,16+/m1/s1. The molecule has 148 valence electrons. The summed E-state index contributed by atoms with van der Waals surface area (Å²) in [5, 5.41) is 15.1. The minimum atomic E-state index is -0.621. The summed E-state index contributed by atoms with van der Waals surface area (Å²) in [4.78, 5) is 38.5. The number of nitrogens with one attached hydrogen (secondary N) is 2. The molecule has 0 aliphatic carbocycles. The smallest absolute Gasteiger partial charge is 0.249 e.